The normalized spacial score (nSPS) is 17.4. The second kappa shape index (κ2) is 24.7. The van der Waals surface area contributed by atoms with Crippen molar-refractivity contribution in [2.75, 3.05) is 0 Å². The van der Waals surface area contributed by atoms with Crippen LogP contribution in [0.25, 0.3) is 77.9 Å². The second-order valence-electron chi connectivity index (χ2n) is 26.1. The lowest BCUT2D eigenvalue weighted by Gasteiger charge is -2.32. The molecule has 10 aromatic carbocycles. The Morgan fingerprint density at radius 1 is 0.172 bits per heavy atom. The van der Waals surface area contributed by atoms with Crippen LogP contribution in [0.15, 0.2) is 261 Å². The van der Waals surface area contributed by atoms with Crippen molar-refractivity contribution in [3.63, 3.8) is 0 Å². The molecule has 10 aromatic rings. The highest BCUT2D eigenvalue weighted by Crippen LogP contribution is 2.40. The van der Waals surface area contributed by atoms with Crippen molar-refractivity contribution < 1.29 is 27.9 Å². The van der Waals surface area contributed by atoms with Crippen molar-refractivity contribution in [3.8, 4) is 77.9 Å². The average Bonchev–Trinajstić information content (AvgIpc) is 2.22. The molecule has 0 unspecified atom stereocenters. The summed E-state index contributed by atoms with van der Waals surface area (Å²) in [5.74, 6) is 0. The van der Waals surface area contributed by atoms with E-state index in [-0.39, 0.29) is 55.0 Å². The third-order valence-corrected chi connectivity index (χ3v) is 18.4. The first kappa shape index (κ1) is 60.8. The summed E-state index contributed by atoms with van der Waals surface area (Å²) >= 11 is 0. The molecule has 9 heteroatoms. The van der Waals surface area contributed by atoms with E-state index in [4.69, 9.17) is 27.9 Å². The van der Waals surface area contributed by atoms with E-state index in [0.717, 1.165) is 16.4 Å². The van der Waals surface area contributed by atoms with Crippen molar-refractivity contribution in [2.24, 2.45) is 0 Å². The minimum Gasteiger partial charge on any atom is -0.399 e. The number of hydrogen-bond donors (Lipinski definition) is 0. The molecule has 6 nitrogen and oxygen atoms in total. The minimum absolute atomic E-state index is 0.319. The van der Waals surface area contributed by atoms with Crippen molar-refractivity contribution in [3.05, 3.63) is 261 Å². The Balaban J connectivity index is 0.000000136. The Hall–Kier alpha value is -7.85. The van der Waals surface area contributed by atoms with Crippen LogP contribution < -0.4 is 16.4 Å². The number of benzene rings is 10. The fourth-order valence-corrected chi connectivity index (χ4v) is 10.9. The molecule has 0 spiro atoms. The number of rotatable bonds is 10. The summed E-state index contributed by atoms with van der Waals surface area (Å²) in [4.78, 5) is 0. The lowest BCUT2D eigenvalue weighted by molar-refractivity contribution is 0.00578. The average molecular weight is 1140 g/mol. The largest absolute Gasteiger partial charge is 0.494 e. The van der Waals surface area contributed by atoms with Crippen LogP contribution in [-0.2, 0) is 27.9 Å². The van der Waals surface area contributed by atoms with Gasteiger partial charge < -0.3 is 27.9 Å². The third kappa shape index (κ3) is 13.5. The molecule has 3 fully saturated rings. The van der Waals surface area contributed by atoms with E-state index in [0.29, 0.717) is 0 Å². The summed E-state index contributed by atoms with van der Waals surface area (Å²) in [7, 11) is -1.00. The molecule has 0 amide bonds. The zero-order valence-electron chi connectivity index (χ0n) is 52.5. The maximum atomic E-state index is 6.23. The van der Waals surface area contributed by atoms with Crippen molar-refractivity contribution in [1.29, 1.82) is 0 Å². The van der Waals surface area contributed by atoms with Gasteiger partial charge in [-0.3, -0.25) is 0 Å². The molecule has 3 saturated heterocycles. The smallest absolute Gasteiger partial charge is 0.399 e. The Kier molecular flexibility index (Phi) is 17.3. The molecule has 0 radical (unpaired) electrons. The molecule has 0 bridgehead atoms. The van der Waals surface area contributed by atoms with Gasteiger partial charge in [-0.05, 0) is 202 Å². The van der Waals surface area contributed by atoms with Gasteiger partial charge in [-0.1, -0.05) is 237 Å². The van der Waals surface area contributed by atoms with E-state index in [1.54, 1.807) is 0 Å². The highest BCUT2D eigenvalue weighted by molar-refractivity contribution is 6.63. The van der Waals surface area contributed by atoms with Crippen molar-refractivity contribution >= 4 is 37.7 Å². The van der Waals surface area contributed by atoms with Gasteiger partial charge in [0.25, 0.3) is 0 Å². The summed E-state index contributed by atoms with van der Waals surface area (Å²) in [6, 6.07) is 91.7. The standard InChI is InChI=1S/C30H29BO2.2C24H25BO2/c1-29(2)30(3,4)33-31(32-29)28-17-15-24(16-18-28)27-20-25(22-11-7-5-8-12-22)19-26(21-27)23-13-9-6-10-14-23;1-23(2)24(3,4)27-25(26-23)22-15-13-19(14-16-22)21-12-8-11-20(17-21)18-9-6-5-7-10-18;1-23(2)24(3,4)27-25(26-23)22-12-8-11-21(17-22)20-15-13-19(14-16-20)18-9-6-5-7-10-18/h5-21H,1-4H3;2*5-17H,1-4H3. The summed E-state index contributed by atoms with van der Waals surface area (Å²) in [5.41, 5.74) is 18.0. The van der Waals surface area contributed by atoms with E-state index in [1.807, 2.05) is 12.1 Å². The quantitative estimate of drug-likeness (QED) is 0.127. The molecule has 0 atom stereocenters. The van der Waals surface area contributed by atoms with Gasteiger partial charge in [0.15, 0.2) is 0 Å². The van der Waals surface area contributed by atoms with Gasteiger partial charge >= 0.3 is 21.4 Å². The zero-order valence-corrected chi connectivity index (χ0v) is 52.5. The van der Waals surface area contributed by atoms with E-state index in [9.17, 15) is 0 Å². The lowest BCUT2D eigenvalue weighted by Crippen LogP contribution is -2.41. The predicted molar refractivity (Wildman–Crippen MR) is 365 cm³/mol. The van der Waals surface area contributed by atoms with Crippen molar-refractivity contribution in [1.82, 2.24) is 0 Å². The van der Waals surface area contributed by atoms with Crippen LogP contribution >= 0.6 is 0 Å². The molecule has 0 N–H and O–H groups in total. The fourth-order valence-electron chi connectivity index (χ4n) is 10.9. The Morgan fingerprint density at radius 2 is 0.368 bits per heavy atom. The fraction of sp³-hybridized carbons (Fsp3) is 0.231. The van der Waals surface area contributed by atoms with E-state index < -0.39 is 0 Å². The third-order valence-electron chi connectivity index (χ3n) is 18.4. The van der Waals surface area contributed by atoms with Gasteiger partial charge in [0.2, 0.25) is 0 Å². The molecular formula is C78H79B3O6. The maximum Gasteiger partial charge on any atom is 0.494 e. The zero-order chi connectivity index (χ0) is 61.2. The molecule has 436 valence electrons. The van der Waals surface area contributed by atoms with E-state index >= 15 is 0 Å². The maximum absolute atomic E-state index is 6.23. The summed E-state index contributed by atoms with van der Waals surface area (Å²) in [6.45, 7) is 25.0. The molecule has 0 saturated carbocycles. The van der Waals surface area contributed by atoms with Crippen LogP contribution in [-0.4, -0.2) is 55.0 Å². The van der Waals surface area contributed by atoms with Crippen LogP contribution in [0.2, 0.25) is 0 Å². The second-order valence-corrected chi connectivity index (χ2v) is 26.1. The summed E-state index contributed by atoms with van der Waals surface area (Å²) in [5, 5.41) is 0. The minimum atomic E-state index is -0.348. The molecule has 0 aromatic heterocycles. The highest BCUT2D eigenvalue weighted by atomic mass is 16.7. The van der Waals surface area contributed by atoms with Gasteiger partial charge in [-0.15, -0.1) is 0 Å². The van der Waals surface area contributed by atoms with Gasteiger partial charge in [-0.2, -0.15) is 0 Å². The Bertz CT molecular complexity index is 3820. The Morgan fingerprint density at radius 3 is 0.690 bits per heavy atom. The highest BCUT2D eigenvalue weighted by Gasteiger charge is 2.53. The van der Waals surface area contributed by atoms with Gasteiger partial charge in [-0.25, -0.2) is 0 Å². The van der Waals surface area contributed by atoms with Crippen LogP contribution in [0.5, 0.6) is 0 Å². The van der Waals surface area contributed by atoms with E-state index in [1.165, 1.54) is 77.9 Å². The summed E-state index contributed by atoms with van der Waals surface area (Å²) < 4.78 is 37.1. The molecule has 3 aliphatic heterocycles. The van der Waals surface area contributed by atoms with Crippen LogP contribution in [0, 0.1) is 0 Å². The molecule has 13 rings (SSSR count). The first-order valence-corrected chi connectivity index (χ1v) is 30.5. The topological polar surface area (TPSA) is 55.4 Å². The first-order chi connectivity index (χ1) is 41.5. The molecule has 3 aliphatic rings. The Labute approximate surface area is 518 Å². The predicted octanol–water partition coefficient (Wildman–Crippen LogP) is 17.6. The summed E-state index contributed by atoms with van der Waals surface area (Å²) in [6.07, 6.45) is 0. The molecular weight excluding hydrogens is 1070 g/mol. The first-order valence-electron chi connectivity index (χ1n) is 30.5. The lowest BCUT2D eigenvalue weighted by atomic mass is 9.78. The molecule has 0 aliphatic carbocycles. The van der Waals surface area contributed by atoms with Crippen LogP contribution in [0.1, 0.15) is 83.1 Å². The van der Waals surface area contributed by atoms with Gasteiger partial charge in [0, 0.05) is 0 Å². The number of hydrogen-bond acceptors (Lipinski definition) is 6. The SMILES string of the molecule is CC1(C)OB(c2ccc(-c3cc(-c4ccccc4)cc(-c4ccccc4)c3)cc2)OC1(C)C.CC1(C)OB(c2ccc(-c3cccc(-c4ccccc4)c3)cc2)OC1(C)C.CC1(C)OB(c2cccc(-c3ccc(-c4ccccc4)cc3)c2)OC1(C)C. The van der Waals surface area contributed by atoms with Crippen LogP contribution in [0.4, 0.5) is 0 Å². The van der Waals surface area contributed by atoms with Crippen molar-refractivity contribution in [2.45, 2.75) is 117 Å². The molecule has 3 heterocycles. The molecule has 87 heavy (non-hydrogen) atoms. The monoisotopic (exact) mass is 1140 g/mol. The van der Waals surface area contributed by atoms with Gasteiger partial charge in [0.1, 0.15) is 0 Å². The van der Waals surface area contributed by atoms with Gasteiger partial charge in [0.05, 0.1) is 33.6 Å². The van der Waals surface area contributed by atoms with Crippen LogP contribution in [0.3, 0.4) is 0 Å². The van der Waals surface area contributed by atoms with E-state index in [2.05, 4.69) is 332 Å².